The summed E-state index contributed by atoms with van der Waals surface area (Å²) in [5.41, 5.74) is 0.817. The normalized spacial score (nSPS) is 16.0. The van der Waals surface area contributed by atoms with Gasteiger partial charge in [-0.05, 0) is 19.1 Å². The fourth-order valence-corrected chi connectivity index (χ4v) is 2.84. The van der Waals surface area contributed by atoms with Crippen molar-refractivity contribution in [1.82, 2.24) is 25.0 Å². The summed E-state index contributed by atoms with van der Waals surface area (Å²) in [5.74, 6) is 0.275. The van der Waals surface area contributed by atoms with Crippen molar-refractivity contribution >= 4 is 11.7 Å². The summed E-state index contributed by atoms with van der Waals surface area (Å²) in [6, 6.07) is 7.18. The van der Waals surface area contributed by atoms with Crippen LogP contribution in [0.5, 0.6) is 5.75 Å². The molecule has 8 nitrogen and oxygen atoms in total. The van der Waals surface area contributed by atoms with Gasteiger partial charge < -0.3 is 20.2 Å². The maximum absolute atomic E-state index is 12.3. The molecule has 1 saturated heterocycles. The molecule has 1 unspecified atom stereocenters. The lowest BCUT2D eigenvalue weighted by atomic mass is 10.2. The van der Waals surface area contributed by atoms with Gasteiger partial charge in [0.1, 0.15) is 18.4 Å². The van der Waals surface area contributed by atoms with Crippen molar-refractivity contribution in [3.05, 3.63) is 36.9 Å². The average molecular weight is 330 g/mol. The standard InChI is InChI=1S/C16H22N6O2/c1-13(10-22-12-17-11-18-22)19-16(24)21-8-6-20(7-9-21)14-4-2-3-5-15(14)23/h2-5,11-13,23H,6-10H2,1H3,(H,19,24). The van der Waals surface area contributed by atoms with Crippen LogP contribution in [0.25, 0.3) is 0 Å². The SMILES string of the molecule is CC(Cn1cncn1)NC(=O)N1CCN(c2ccccc2O)CC1. The largest absolute Gasteiger partial charge is 0.506 e. The van der Waals surface area contributed by atoms with Gasteiger partial charge in [0.25, 0.3) is 0 Å². The molecule has 0 aliphatic carbocycles. The van der Waals surface area contributed by atoms with Gasteiger partial charge in [0.2, 0.25) is 0 Å². The molecule has 0 saturated carbocycles. The van der Waals surface area contributed by atoms with Gasteiger partial charge in [-0.25, -0.2) is 9.78 Å². The fraction of sp³-hybridized carbons (Fsp3) is 0.438. The maximum atomic E-state index is 12.3. The second-order valence-corrected chi connectivity index (χ2v) is 5.93. The lowest BCUT2D eigenvalue weighted by molar-refractivity contribution is 0.189. The minimum absolute atomic E-state index is 0.0320. The Kier molecular flexibility index (Phi) is 4.83. The van der Waals surface area contributed by atoms with Gasteiger partial charge in [0.15, 0.2) is 0 Å². The third-order valence-electron chi connectivity index (χ3n) is 4.09. The molecule has 1 aliphatic rings. The number of phenolic OH excluding ortho intramolecular Hbond substituents is 1. The van der Waals surface area contributed by atoms with E-state index in [2.05, 4.69) is 20.3 Å². The number of hydrogen-bond acceptors (Lipinski definition) is 5. The summed E-state index contributed by atoms with van der Waals surface area (Å²) in [5, 5.41) is 17.0. The predicted octanol–water partition coefficient (Wildman–Crippen LogP) is 0.904. The van der Waals surface area contributed by atoms with Crippen LogP contribution >= 0.6 is 0 Å². The van der Waals surface area contributed by atoms with Crippen LogP contribution in [0.2, 0.25) is 0 Å². The van der Waals surface area contributed by atoms with E-state index in [-0.39, 0.29) is 17.8 Å². The van der Waals surface area contributed by atoms with E-state index in [1.165, 1.54) is 6.33 Å². The van der Waals surface area contributed by atoms with E-state index in [0.717, 1.165) is 5.69 Å². The van der Waals surface area contributed by atoms with Crippen LogP contribution in [0.15, 0.2) is 36.9 Å². The number of aromatic hydroxyl groups is 1. The first kappa shape index (κ1) is 16.1. The van der Waals surface area contributed by atoms with Crippen molar-refractivity contribution < 1.29 is 9.90 Å². The topological polar surface area (TPSA) is 86.5 Å². The second kappa shape index (κ2) is 7.20. The summed E-state index contributed by atoms with van der Waals surface area (Å²) < 4.78 is 1.70. The number of amides is 2. The van der Waals surface area contributed by atoms with Gasteiger partial charge in [-0.1, -0.05) is 12.1 Å². The van der Waals surface area contributed by atoms with E-state index in [9.17, 15) is 9.90 Å². The van der Waals surface area contributed by atoms with E-state index in [1.54, 1.807) is 28.0 Å². The molecule has 1 aliphatic heterocycles. The average Bonchev–Trinajstić information content (AvgIpc) is 3.08. The fourth-order valence-electron chi connectivity index (χ4n) is 2.84. The first-order chi connectivity index (χ1) is 11.6. The molecule has 2 amide bonds. The Morgan fingerprint density at radius 1 is 1.29 bits per heavy atom. The van der Waals surface area contributed by atoms with Crippen molar-refractivity contribution in [2.24, 2.45) is 0 Å². The summed E-state index contributed by atoms with van der Waals surface area (Å²) in [6.45, 7) is 5.17. The number of anilines is 1. The highest BCUT2D eigenvalue weighted by Crippen LogP contribution is 2.27. The molecule has 3 rings (SSSR count). The number of aromatic nitrogens is 3. The Labute approximate surface area is 140 Å². The number of carbonyl (C=O) groups is 1. The summed E-state index contributed by atoms with van der Waals surface area (Å²) in [7, 11) is 0. The molecule has 24 heavy (non-hydrogen) atoms. The van der Waals surface area contributed by atoms with Gasteiger partial charge in [0, 0.05) is 32.2 Å². The van der Waals surface area contributed by atoms with E-state index >= 15 is 0 Å². The van der Waals surface area contributed by atoms with Crippen LogP contribution in [-0.2, 0) is 6.54 Å². The van der Waals surface area contributed by atoms with Gasteiger partial charge in [-0.2, -0.15) is 5.10 Å². The molecule has 0 bridgehead atoms. The molecule has 1 aromatic carbocycles. The van der Waals surface area contributed by atoms with Crippen LogP contribution in [0, 0.1) is 0 Å². The molecule has 0 spiro atoms. The molecule has 128 valence electrons. The highest BCUT2D eigenvalue weighted by atomic mass is 16.3. The summed E-state index contributed by atoms with van der Waals surface area (Å²) >= 11 is 0. The molecular weight excluding hydrogens is 308 g/mol. The Balaban J connectivity index is 1.49. The van der Waals surface area contributed by atoms with E-state index < -0.39 is 0 Å². The monoisotopic (exact) mass is 330 g/mol. The number of nitrogens with one attached hydrogen (secondary N) is 1. The summed E-state index contributed by atoms with van der Waals surface area (Å²) in [4.78, 5) is 20.1. The van der Waals surface area contributed by atoms with Crippen LogP contribution in [-0.4, -0.2) is 63.0 Å². The molecular formula is C16H22N6O2. The number of piperazine rings is 1. The van der Waals surface area contributed by atoms with E-state index in [1.807, 2.05) is 19.1 Å². The molecule has 2 N–H and O–H groups in total. The maximum Gasteiger partial charge on any atom is 0.317 e. The zero-order valence-electron chi connectivity index (χ0n) is 13.7. The third kappa shape index (κ3) is 3.76. The van der Waals surface area contributed by atoms with Gasteiger partial charge >= 0.3 is 6.03 Å². The zero-order valence-corrected chi connectivity index (χ0v) is 13.7. The molecule has 1 atom stereocenters. The lowest BCUT2D eigenvalue weighted by Crippen LogP contribution is -2.53. The minimum Gasteiger partial charge on any atom is -0.506 e. The molecule has 2 aromatic rings. The van der Waals surface area contributed by atoms with Crippen molar-refractivity contribution in [3.63, 3.8) is 0 Å². The first-order valence-electron chi connectivity index (χ1n) is 8.04. The highest BCUT2D eigenvalue weighted by molar-refractivity contribution is 5.75. The van der Waals surface area contributed by atoms with Crippen molar-refractivity contribution in [1.29, 1.82) is 0 Å². The van der Waals surface area contributed by atoms with Crippen LogP contribution in [0.3, 0.4) is 0 Å². The Hall–Kier alpha value is -2.77. The van der Waals surface area contributed by atoms with Crippen LogP contribution in [0.1, 0.15) is 6.92 Å². The summed E-state index contributed by atoms with van der Waals surface area (Å²) in [6.07, 6.45) is 3.11. The Morgan fingerprint density at radius 3 is 2.71 bits per heavy atom. The number of rotatable bonds is 4. The third-order valence-corrected chi connectivity index (χ3v) is 4.09. The highest BCUT2D eigenvalue weighted by Gasteiger charge is 2.23. The van der Waals surface area contributed by atoms with E-state index in [4.69, 9.17) is 0 Å². The first-order valence-corrected chi connectivity index (χ1v) is 8.04. The molecule has 0 radical (unpaired) electrons. The van der Waals surface area contributed by atoms with Crippen LogP contribution in [0.4, 0.5) is 10.5 Å². The Morgan fingerprint density at radius 2 is 2.04 bits per heavy atom. The second-order valence-electron chi connectivity index (χ2n) is 5.93. The molecule has 1 aromatic heterocycles. The number of urea groups is 1. The lowest BCUT2D eigenvalue weighted by Gasteiger charge is -2.36. The molecule has 2 heterocycles. The number of para-hydroxylation sites is 2. The Bertz CT molecular complexity index is 667. The van der Waals surface area contributed by atoms with Gasteiger partial charge in [-0.15, -0.1) is 0 Å². The predicted molar refractivity (Wildman–Crippen MR) is 89.9 cm³/mol. The number of hydrogen-bond donors (Lipinski definition) is 2. The number of phenols is 1. The number of carbonyl (C=O) groups excluding carboxylic acids is 1. The van der Waals surface area contributed by atoms with Gasteiger partial charge in [0.05, 0.1) is 12.2 Å². The minimum atomic E-state index is -0.0699. The smallest absolute Gasteiger partial charge is 0.317 e. The molecule has 8 heteroatoms. The number of benzene rings is 1. The van der Waals surface area contributed by atoms with E-state index in [0.29, 0.717) is 32.7 Å². The van der Waals surface area contributed by atoms with Crippen molar-refractivity contribution in [2.45, 2.75) is 19.5 Å². The zero-order chi connectivity index (χ0) is 16.9. The number of nitrogens with zero attached hydrogens (tertiary/aromatic N) is 5. The van der Waals surface area contributed by atoms with Crippen molar-refractivity contribution in [2.75, 3.05) is 31.1 Å². The van der Waals surface area contributed by atoms with Crippen LogP contribution < -0.4 is 10.2 Å². The van der Waals surface area contributed by atoms with Gasteiger partial charge in [-0.3, -0.25) is 4.68 Å². The quantitative estimate of drug-likeness (QED) is 0.870. The molecule has 1 fully saturated rings. The van der Waals surface area contributed by atoms with Crippen molar-refractivity contribution in [3.8, 4) is 5.75 Å².